The van der Waals surface area contributed by atoms with E-state index in [1.807, 2.05) is 0 Å². The van der Waals surface area contributed by atoms with Crippen molar-refractivity contribution < 1.29 is 33.7 Å². The highest BCUT2D eigenvalue weighted by Crippen LogP contribution is 2.34. The number of benzene rings is 1. The molecule has 0 radical (unpaired) electrons. The predicted molar refractivity (Wildman–Crippen MR) is 127 cm³/mol. The standard InChI is InChI=1S/C22H26FN3O6S.ClH/c1-3-22(4-2,21(31)26-15(11-27)19(28)29)10-13-6-8-17(33-13)20(30)32-16-7-5-12(18(24)25)9-14(16)23;/h5-9,15,27H,3-4,10-11H2,1-2H3,(H3,24,25)(H,26,31)(H,28,29);1H/t15-;/m1./s1. The summed E-state index contributed by atoms with van der Waals surface area (Å²) in [5.41, 5.74) is 4.53. The predicted octanol–water partition coefficient (Wildman–Crippen LogP) is 2.72. The fourth-order valence-corrected chi connectivity index (χ4v) is 4.24. The summed E-state index contributed by atoms with van der Waals surface area (Å²) in [6.07, 6.45) is 1.04. The van der Waals surface area contributed by atoms with Gasteiger partial charge < -0.3 is 26.0 Å². The van der Waals surface area contributed by atoms with Gasteiger partial charge in [-0.05, 0) is 49.6 Å². The first-order chi connectivity index (χ1) is 15.6. The number of hydrogen-bond donors (Lipinski definition) is 5. The molecule has 0 unspecified atom stereocenters. The Morgan fingerprint density at radius 1 is 1.24 bits per heavy atom. The summed E-state index contributed by atoms with van der Waals surface area (Å²) in [6.45, 7) is 2.87. The molecular formula is C22H27ClFN3O6S. The highest BCUT2D eigenvalue weighted by Gasteiger charge is 2.37. The van der Waals surface area contributed by atoms with Gasteiger partial charge in [0.15, 0.2) is 11.6 Å². The van der Waals surface area contributed by atoms with Gasteiger partial charge in [0.1, 0.15) is 16.8 Å². The number of carboxylic acids is 1. The van der Waals surface area contributed by atoms with E-state index in [0.717, 1.165) is 17.4 Å². The van der Waals surface area contributed by atoms with Gasteiger partial charge in [-0.3, -0.25) is 10.2 Å². The molecule has 34 heavy (non-hydrogen) atoms. The molecule has 0 spiro atoms. The van der Waals surface area contributed by atoms with Crippen molar-refractivity contribution in [3.05, 3.63) is 51.5 Å². The van der Waals surface area contributed by atoms with Crippen molar-refractivity contribution in [1.82, 2.24) is 5.32 Å². The zero-order chi connectivity index (χ0) is 24.8. The Hall–Kier alpha value is -3.02. The number of carboxylic acid groups (broad SMARTS) is 1. The van der Waals surface area contributed by atoms with E-state index < -0.39 is 41.7 Å². The first-order valence-electron chi connectivity index (χ1n) is 10.2. The number of thiophene rings is 1. The molecule has 186 valence electrons. The minimum Gasteiger partial charge on any atom is -0.480 e. The molecule has 1 aromatic carbocycles. The average molecular weight is 516 g/mol. The number of carbonyl (C=O) groups excluding carboxylic acids is 2. The van der Waals surface area contributed by atoms with Crippen LogP contribution in [0.1, 0.15) is 46.8 Å². The van der Waals surface area contributed by atoms with E-state index in [1.165, 1.54) is 18.2 Å². The lowest BCUT2D eigenvalue weighted by molar-refractivity contribution is -0.145. The van der Waals surface area contributed by atoms with Crippen LogP contribution in [0, 0.1) is 16.6 Å². The lowest BCUT2D eigenvalue weighted by Gasteiger charge is -2.31. The molecule has 1 aromatic heterocycles. The Balaban J connectivity index is 0.00000578. The topological polar surface area (TPSA) is 163 Å². The van der Waals surface area contributed by atoms with E-state index >= 15 is 0 Å². The Bertz CT molecular complexity index is 1060. The van der Waals surface area contributed by atoms with Crippen LogP contribution >= 0.6 is 23.7 Å². The second kappa shape index (κ2) is 12.4. The lowest BCUT2D eigenvalue weighted by atomic mass is 9.77. The number of aliphatic hydroxyl groups excluding tert-OH is 1. The highest BCUT2D eigenvalue weighted by atomic mass is 35.5. The van der Waals surface area contributed by atoms with Gasteiger partial charge in [-0.1, -0.05) is 13.8 Å². The van der Waals surface area contributed by atoms with E-state index in [9.17, 15) is 23.9 Å². The van der Waals surface area contributed by atoms with Gasteiger partial charge >= 0.3 is 11.9 Å². The molecule has 1 heterocycles. The number of aliphatic carboxylic acids is 1. The number of amides is 1. The normalized spacial score (nSPS) is 11.8. The first-order valence-corrected chi connectivity index (χ1v) is 11.0. The van der Waals surface area contributed by atoms with Crippen LogP contribution in [0.15, 0.2) is 30.3 Å². The molecule has 12 heteroatoms. The Morgan fingerprint density at radius 2 is 1.88 bits per heavy atom. The van der Waals surface area contributed by atoms with Crippen molar-refractivity contribution in [3.63, 3.8) is 0 Å². The van der Waals surface area contributed by atoms with Gasteiger partial charge in [-0.2, -0.15) is 0 Å². The molecule has 0 fully saturated rings. The average Bonchev–Trinajstić information content (AvgIpc) is 3.25. The number of halogens is 2. The second-order valence-corrected chi connectivity index (χ2v) is 8.59. The monoisotopic (exact) mass is 515 g/mol. The third-order valence-electron chi connectivity index (χ3n) is 5.44. The second-order valence-electron chi connectivity index (χ2n) is 7.43. The maximum atomic E-state index is 14.2. The van der Waals surface area contributed by atoms with Crippen molar-refractivity contribution in [2.75, 3.05) is 6.61 Å². The smallest absolute Gasteiger partial charge is 0.353 e. The quantitative estimate of drug-likeness (QED) is 0.133. The van der Waals surface area contributed by atoms with Crippen LogP contribution < -0.4 is 15.8 Å². The number of hydrogen-bond acceptors (Lipinski definition) is 7. The summed E-state index contributed by atoms with van der Waals surface area (Å²) in [4.78, 5) is 37.4. The fraction of sp³-hybridized carbons (Fsp3) is 0.364. The zero-order valence-electron chi connectivity index (χ0n) is 18.6. The lowest BCUT2D eigenvalue weighted by Crippen LogP contribution is -2.50. The highest BCUT2D eigenvalue weighted by molar-refractivity contribution is 7.14. The molecule has 1 amide bonds. The van der Waals surface area contributed by atoms with Crippen molar-refractivity contribution >= 4 is 47.4 Å². The van der Waals surface area contributed by atoms with E-state index in [4.69, 9.17) is 21.0 Å². The number of amidine groups is 1. The maximum Gasteiger partial charge on any atom is 0.353 e. The minimum absolute atomic E-state index is 0. The summed E-state index contributed by atoms with van der Waals surface area (Å²) in [5.74, 6) is -4.08. The molecule has 2 aromatic rings. The number of nitrogen functional groups attached to an aromatic ring is 1. The molecule has 0 saturated carbocycles. The van der Waals surface area contributed by atoms with E-state index in [2.05, 4.69) is 5.32 Å². The Kier molecular flexibility index (Phi) is 10.6. The summed E-state index contributed by atoms with van der Waals surface area (Å²) >= 11 is 1.08. The van der Waals surface area contributed by atoms with Gasteiger partial charge in [0, 0.05) is 10.4 Å². The van der Waals surface area contributed by atoms with Crippen LogP contribution in [0.25, 0.3) is 0 Å². The number of nitrogens with two attached hydrogens (primary N) is 1. The Morgan fingerprint density at radius 3 is 2.38 bits per heavy atom. The van der Waals surface area contributed by atoms with Gasteiger partial charge in [0.05, 0.1) is 12.0 Å². The van der Waals surface area contributed by atoms with Crippen LogP contribution in [0.5, 0.6) is 5.75 Å². The molecular weight excluding hydrogens is 489 g/mol. The summed E-state index contributed by atoms with van der Waals surface area (Å²) < 4.78 is 19.3. The third-order valence-corrected chi connectivity index (χ3v) is 6.51. The number of rotatable bonds is 11. The molecule has 6 N–H and O–H groups in total. The largest absolute Gasteiger partial charge is 0.480 e. The number of carbonyl (C=O) groups is 3. The number of nitrogens with one attached hydrogen (secondary N) is 2. The fourth-order valence-electron chi connectivity index (χ4n) is 3.22. The SMILES string of the molecule is CCC(CC)(Cc1ccc(C(=O)Oc2ccc(C(=N)N)cc2F)s1)C(=O)N[C@H](CO)C(=O)O.Cl. The van der Waals surface area contributed by atoms with Gasteiger partial charge in [0.2, 0.25) is 5.91 Å². The summed E-state index contributed by atoms with van der Waals surface area (Å²) in [6, 6.07) is 5.32. The first kappa shape index (κ1) is 29.0. The Labute approximate surface area is 206 Å². The number of aliphatic hydroxyl groups is 1. The molecule has 0 bridgehead atoms. The van der Waals surface area contributed by atoms with Crippen LogP contribution in [0.4, 0.5) is 4.39 Å². The van der Waals surface area contributed by atoms with Crippen LogP contribution in [0.3, 0.4) is 0 Å². The molecule has 2 rings (SSSR count). The van der Waals surface area contributed by atoms with E-state index in [0.29, 0.717) is 17.7 Å². The molecule has 0 saturated heterocycles. The number of esters is 1. The zero-order valence-corrected chi connectivity index (χ0v) is 20.2. The van der Waals surface area contributed by atoms with Gasteiger partial charge in [0.25, 0.3) is 0 Å². The molecule has 0 aliphatic carbocycles. The molecule has 0 aliphatic rings. The van der Waals surface area contributed by atoms with E-state index in [1.54, 1.807) is 19.9 Å². The molecule has 1 atom stereocenters. The summed E-state index contributed by atoms with van der Waals surface area (Å²) in [5, 5.41) is 28.0. The molecule has 0 aliphatic heterocycles. The third kappa shape index (κ3) is 6.75. The van der Waals surface area contributed by atoms with Crippen LogP contribution in [0.2, 0.25) is 0 Å². The molecule has 9 nitrogen and oxygen atoms in total. The number of ether oxygens (including phenoxy) is 1. The van der Waals surface area contributed by atoms with Crippen LogP contribution in [-0.4, -0.2) is 46.5 Å². The van der Waals surface area contributed by atoms with Crippen LogP contribution in [-0.2, 0) is 16.0 Å². The van der Waals surface area contributed by atoms with Crippen molar-refractivity contribution in [2.45, 2.75) is 39.2 Å². The maximum absolute atomic E-state index is 14.2. The van der Waals surface area contributed by atoms with Gasteiger partial charge in [-0.25, -0.2) is 14.0 Å². The van der Waals surface area contributed by atoms with Crippen molar-refractivity contribution in [2.24, 2.45) is 11.1 Å². The summed E-state index contributed by atoms with van der Waals surface area (Å²) in [7, 11) is 0. The van der Waals surface area contributed by atoms with Crippen molar-refractivity contribution in [3.8, 4) is 5.75 Å². The van der Waals surface area contributed by atoms with Gasteiger partial charge in [-0.15, -0.1) is 23.7 Å². The van der Waals surface area contributed by atoms with Crippen molar-refractivity contribution in [1.29, 1.82) is 5.41 Å². The van der Waals surface area contributed by atoms with E-state index in [-0.39, 0.29) is 40.9 Å². The minimum atomic E-state index is -1.41.